The van der Waals surface area contributed by atoms with Gasteiger partial charge in [-0.15, -0.1) is 17.9 Å². The summed E-state index contributed by atoms with van der Waals surface area (Å²) in [6.45, 7) is 4.93. The second-order valence-corrected chi connectivity index (χ2v) is 8.70. The molecule has 0 bridgehead atoms. The largest absolute Gasteiger partial charge is 0.491 e. The fourth-order valence-corrected chi connectivity index (χ4v) is 4.77. The number of amides is 2. The van der Waals surface area contributed by atoms with E-state index >= 15 is 0 Å². The van der Waals surface area contributed by atoms with E-state index in [4.69, 9.17) is 4.74 Å². The Morgan fingerprint density at radius 3 is 2.90 bits per heavy atom. The summed E-state index contributed by atoms with van der Waals surface area (Å²) in [5, 5.41) is 2.02. The molecule has 1 saturated carbocycles. The highest BCUT2D eigenvalue weighted by Crippen LogP contribution is 2.35. The van der Waals surface area contributed by atoms with E-state index in [0.29, 0.717) is 18.8 Å². The summed E-state index contributed by atoms with van der Waals surface area (Å²) in [7, 11) is 0. The van der Waals surface area contributed by atoms with Crippen LogP contribution in [0.15, 0.2) is 48.4 Å². The second kappa shape index (κ2) is 9.00. The molecule has 1 aromatic carbocycles. The SMILES string of the molecule is C=CCN(CC(=O)N1CCc2sccc2[C@@H]1COc1cccc(F)c1)C(=O)C1CC1. The predicted octanol–water partition coefficient (Wildman–Crippen LogP) is 3.82. The van der Waals surface area contributed by atoms with E-state index in [1.54, 1.807) is 39.3 Å². The van der Waals surface area contributed by atoms with Crippen molar-refractivity contribution in [3.8, 4) is 5.75 Å². The number of carbonyl (C=O) groups is 2. The van der Waals surface area contributed by atoms with E-state index in [2.05, 4.69) is 6.58 Å². The summed E-state index contributed by atoms with van der Waals surface area (Å²) in [6, 6.07) is 7.76. The molecule has 2 amide bonds. The molecule has 4 rings (SSSR count). The van der Waals surface area contributed by atoms with Crippen LogP contribution in [0.1, 0.15) is 29.3 Å². The summed E-state index contributed by atoms with van der Waals surface area (Å²) >= 11 is 1.67. The Labute approximate surface area is 179 Å². The molecule has 1 atom stereocenters. The molecule has 0 saturated heterocycles. The third-order valence-electron chi connectivity index (χ3n) is 5.53. The Hall–Kier alpha value is -2.67. The summed E-state index contributed by atoms with van der Waals surface area (Å²) in [5.74, 6) is 0.0511. The van der Waals surface area contributed by atoms with Crippen LogP contribution >= 0.6 is 11.3 Å². The fraction of sp³-hybridized carbons (Fsp3) is 0.391. The number of ether oxygens (including phenoxy) is 1. The molecule has 7 heteroatoms. The van der Waals surface area contributed by atoms with Gasteiger partial charge in [0.05, 0.1) is 6.04 Å². The number of thiophene rings is 1. The maximum Gasteiger partial charge on any atom is 0.242 e. The first-order chi connectivity index (χ1) is 14.6. The third kappa shape index (κ3) is 4.56. The molecule has 158 valence electrons. The number of fused-ring (bicyclic) bond motifs is 1. The molecule has 2 aliphatic rings. The normalized spacial score (nSPS) is 17.9. The van der Waals surface area contributed by atoms with Gasteiger partial charge in [-0.3, -0.25) is 9.59 Å². The number of rotatable bonds is 8. The lowest BCUT2D eigenvalue weighted by atomic mass is 10.0. The van der Waals surface area contributed by atoms with Gasteiger partial charge in [-0.25, -0.2) is 4.39 Å². The molecule has 0 N–H and O–H groups in total. The van der Waals surface area contributed by atoms with Crippen LogP contribution in [-0.2, 0) is 16.0 Å². The van der Waals surface area contributed by atoms with Gasteiger partial charge in [-0.05, 0) is 48.4 Å². The van der Waals surface area contributed by atoms with Gasteiger partial charge < -0.3 is 14.5 Å². The maximum absolute atomic E-state index is 13.5. The molecule has 1 aliphatic carbocycles. The lowest BCUT2D eigenvalue weighted by molar-refractivity contribution is -0.142. The molecule has 5 nitrogen and oxygen atoms in total. The van der Waals surface area contributed by atoms with Crippen LogP contribution in [-0.4, -0.2) is 47.9 Å². The van der Waals surface area contributed by atoms with Crippen molar-refractivity contribution >= 4 is 23.2 Å². The van der Waals surface area contributed by atoms with E-state index in [1.807, 2.05) is 11.4 Å². The zero-order chi connectivity index (χ0) is 21.1. The average Bonchev–Trinajstić information content (AvgIpc) is 3.48. The van der Waals surface area contributed by atoms with Gasteiger partial charge in [0.15, 0.2) is 0 Å². The maximum atomic E-state index is 13.5. The highest BCUT2D eigenvalue weighted by Gasteiger charge is 2.36. The second-order valence-electron chi connectivity index (χ2n) is 7.70. The first-order valence-corrected chi connectivity index (χ1v) is 11.1. The molecular weight excluding hydrogens is 403 g/mol. The van der Waals surface area contributed by atoms with Gasteiger partial charge in [-0.2, -0.15) is 0 Å². The van der Waals surface area contributed by atoms with E-state index in [9.17, 15) is 14.0 Å². The molecule has 2 aromatic rings. The number of hydrogen-bond donors (Lipinski definition) is 0. The predicted molar refractivity (Wildman–Crippen MR) is 114 cm³/mol. The van der Waals surface area contributed by atoms with Crippen molar-refractivity contribution in [3.05, 3.63) is 64.6 Å². The van der Waals surface area contributed by atoms with Gasteiger partial charge in [-0.1, -0.05) is 12.1 Å². The Balaban J connectivity index is 1.50. The van der Waals surface area contributed by atoms with Crippen LogP contribution in [0.2, 0.25) is 0 Å². The summed E-state index contributed by atoms with van der Waals surface area (Å²) in [4.78, 5) is 30.4. The van der Waals surface area contributed by atoms with Crippen molar-refractivity contribution in [1.82, 2.24) is 9.80 Å². The highest BCUT2D eigenvalue weighted by atomic mass is 32.1. The summed E-state index contributed by atoms with van der Waals surface area (Å²) < 4.78 is 19.4. The van der Waals surface area contributed by atoms with Crippen LogP contribution in [0, 0.1) is 11.7 Å². The zero-order valence-corrected chi connectivity index (χ0v) is 17.6. The van der Waals surface area contributed by atoms with Crippen LogP contribution < -0.4 is 4.74 Å². The van der Waals surface area contributed by atoms with Crippen LogP contribution in [0.3, 0.4) is 0 Å². The first-order valence-electron chi connectivity index (χ1n) is 10.2. The van der Waals surface area contributed by atoms with Crippen molar-refractivity contribution in [2.75, 3.05) is 26.2 Å². The Morgan fingerprint density at radius 2 is 2.17 bits per heavy atom. The van der Waals surface area contributed by atoms with Crippen LogP contribution in [0.5, 0.6) is 5.75 Å². The molecule has 0 radical (unpaired) electrons. The third-order valence-corrected chi connectivity index (χ3v) is 6.53. The van der Waals surface area contributed by atoms with Crippen molar-refractivity contribution in [1.29, 1.82) is 0 Å². The Morgan fingerprint density at radius 1 is 1.33 bits per heavy atom. The molecule has 2 heterocycles. The lowest BCUT2D eigenvalue weighted by Crippen LogP contribution is -2.48. The number of carbonyl (C=O) groups excluding carboxylic acids is 2. The molecule has 0 unspecified atom stereocenters. The Kier molecular flexibility index (Phi) is 6.18. The number of benzene rings is 1. The van der Waals surface area contributed by atoms with Crippen molar-refractivity contribution in [2.24, 2.45) is 5.92 Å². The number of nitrogens with zero attached hydrogens (tertiary/aromatic N) is 2. The lowest BCUT2D eigenvalue weighted by Gasteiger charge is -2.37. The van der Waals surface area contributed by atoms with Gasteiger partial charge in [0.1, 0.15) is 24.7 Å². The van der Waals surface area contributed by atoms with Gasteiger partial charge >= 0.3 is 0 Å². The topological polar surface area (TPSA) is 49.9 Å². The monoisotopic (exact) mass is 428 g/mol. The molecule has 1 fully saturated rings. The summed E-state index contributed by atoms with van der Waals surface area (Å²) in [5.41, 5.74) is 1.07. The fourth-order valence-electron chi connectivity index (χ4n) is 3.84. The van der Waals surface area contributed by atoms with Gasteiger partial charge in [0.25, 0.3) is 0 Å². The van der Waals surface area contributed by atoms with E-state index < -0.39 is 0 Å². The molecule has 30 heavy (non-hydrogen) atoms. The van der Waals surface area contributed by atoms with Crippen molar-refractivity contribution < 1.29 is 18.7 Å². The van der Waals surface area contributed by atoms with Gasteiger partial charge in [0, 0.05) is 30.0 Å². The minimum Gasteiger partial charge on any atom is -0.491 e. The smallest absolute Gasteiger partial charge is 0.242 e. The van der Waals surface area contributed by atoms with Crippen LogP contribution in [0.25, 0.3) is 0 Å². The number of hydrogen-bond acceptors (Lipinski definition) is 4. The first kappa shape index (κ1) is 20.6. The molecule has 1 aromatic heterocycles. The molecular formula is C23H25FN2O3S. The molecule has 0 spiro atoms. The van der Waals surface area contributed by atoms with E-state index in [-0.39, 0.29) is 42.7 Å². The van der Waals surface area contributed by atoms with Crippen molar-refractivity contribution in [2.45, 2.75) is 25.3 Å². The van der Waals surface area contributed by atoms with E-state index in [0.717, 1.165) is 24.8 Å². The zero-order valence-electron chi connectivity index (χ0n) is 16.8. The minimum atomic E-state index is -0.362. The van der Waals surface area contributed by atoms with E-state index in [1.165, 1.54) is 17.0 Å². The summed E-state index contributed by atoms with van der Waals surface area (Å²) in [6.07, 6.45) is 4.23. The Bertz CT molecular complexity index is 940. The number of halogens is 1. The quantitative estimate of drug-likeness (QED) is 0.601. The minimum absolute atomic E-state index is 0.0315. The average molecular weight is 429 g/mol. The van der Waals surface area contributed by atoms with Crippen molar-refractivity contribution in [3.63, 3.8) is 0 Å². The van der Waals surface area contributed by atoms with Gasteiger partial charge in [0.2, 0.25) is 11.8 Å². The van der Waals surface area contributed by atoms with Crippen LogP contribution in [0.4, 0.5) is 4.39 Å². The standard InChI is InChI=1S/C23H25FN2O3S/c1-2-10-25(23(28)16-6-7-16)14-22(27)26-11-8-21-19(9-12-30-21)20(26)15-29-18-5-3-4-17(24)13-18/h2-5,9,12-13,16,20H,1,6-8,10-11,14-15H2/t20-/m0/s1. The molecule has 1 aliphatic heterocycles. The highest BCUT2D eigenvalue weighted by molar-refractivity contribution is 7.10.